The van der Waals surface area contributed by atoms with Crippen LogP contribution in [0.3, 0.4) is 0 Å². The largest absolute Gasteiger partial charge is 0.353 e. The molecule has 1 aliphatic heterocycles. The summed E-state index contributed by atoms with van der Waals surface area (Å²) >= 11 is 0. The van der Waals surface area contributed by atoms with Crippen molar-refractivity contribution < 1.29 is 0 Å². The average Bonchev–Trinajstić information content (AvgIpc) is 3.02. The van der Waals surface area contributed by atoms with Crippen molar-refractivity contribution in [2.45, 2.75) is 38.3 Å². The van der Waals surface area contributed by atoms with Crippen LogP contribution in [-0.2, 0) is 6.54 Å². The third-order valence-electron chi connectivity index (χ3n) is 4.40. The molecule has 19 heavy (non-hydrogen) atoms. The van der Waals surface area contributed by atoms with Crippen molar-refractivity contribution in [3.63, 3.8) is 0 Å². The molecule has 0 aromatic carbocycles. The van der Waals surface area contributed by atoms with Crippen molar-refractivity contribution in [3.05, 3.63) is 18.1 Å². The molecule has 5 heteroatoms. The van der Waals surface area contributed by atoms with Crippen molar-refractivity contribution in [2.75, 3.05) is 31.1 Å². The summed E-state index contributed by atoms with van der Waals surface area (Å²) in [6.45, 7) is 4.84. The molecular formula is C14H23N5. The van der Waals surface area contributed by atoms with Gasteiger partial charge in [0, 0.05) is 51.2 Å². The number of hydrogen-bond acceptors (Lipinski definition) is 5. The lowest BCUT2D eigenvalue weighted by Gasteiger charge is -2.38. The summed E-state index contributed by atoms with van der Waals surface area (Å²) in [5.41, 5.74) is 6.66. The summed E-state index contributed by atoms with van der Waals surface area (Å²) in [6, 6.07) is 0.831. The summed E-state index contributed by atoms with van der Waals surface area (Å²) in [5.74, 6) is 0.982. The number of nitrogens with zero attached hydrogens (tertiary/aromatic N) is 4. The van der Waals surface area contributed by atoms with Gasteiger partial charge in [0.1, 0.15) is 0 Å². The van der Waals surface area contributed by atoms with Gasteiger partial charge in [0.25, 0.3) is 0 Å². The molecule has 0 unspecified atom stereocenters. The van der Waals surface area contributed by atoms with E-state index in [4.69, 9.17) is 5.73 Å². The highest BCUT2D eigenvalue weighted by Gasteiger charge is 2.27. The minimum absolute atomic E-state index is 0.464. The Morgan fingerprint density at radius 2 is 1.74 bits per heavy atom. The van der Waals surface area contributed by atoms with Crippen molar-refractivity contribution in [1.82, 2.24) is 14.9 Å². The van der Waals surface area contributed by atoms with Crippen LogP contribution < -0.4 is 10.6 Å². The highest BCUT2D eigenvalue weighted by Crippen LogP contribution is 2.25. The van der Waals surface area contributed by atoms with E-state index in [1.54, 1.807) is 12.4 Å². The first-order valence-corrected chi connectivity index (χ1v) is 7.37. The number of hydrogen-bond donors (Lipinski definition) is 1. The van der Waals surface area contributed by atoms with E-state index >= 15 is 0 Å². The molecule has 104 valence electrons. The van der Waals surface area contributed by atoms with Crippen molar-refractivity contribution in [3.8, 4) is 0 Å². The number of aromatic nitrogens is 2. The van der Waals surface area contributed by atoms with Gasteiger partial charge in [-0.05, 0) is 12.8 Å². The second-order valence-corrected chi connectivity index (χ2v) is 5.49. The lowest BCUT2D eigenvalue weighted by Crippen LogP contribution is -2.50. The van der Waals surface area contributed by atoms with E-state index in [-0.39, 0.29) is 0 Å². The number of rotatable bonds is 3. The van der Waals surface area contributed by atoms with Crippen LogP contribution in [0.4, 0.5) is 5.82 Å². The predicted octanol–water partition coefficient (Wildman–Crippen LogP) is 1.000. The molecule has 1 saturated heterocycles. The van der Waals surface area contributed by atoms with Crippen molar-refractivity contribution in [1.29, 1.82) is 0 Å². The molecule has 2 heterocycles. The fourth-order valence-electron chi connectivity index (χ4n) is 3.34. The normalized spacial score (nSPS) is 22.1. The smallest absolute Gasteiger partial charge is 0.151 e. The lowest BCUT2D eigenvalue weighted by molar-refractivity contribution is 0.187. The number of anilines is 1. The Balaban J connectivity index is 1.63. The van der Waals surface area contributed by atoms with Crippen LogP contribution in [0.15, 0.2) is 12.4 Å². The van der Waals surface area contributed by atoms with Gasteiger partial charge in [0.15, 0.2) is 5.82 Å². The molecule has 1 aromatic rings. The molecule has 5 nitrogen and oxygen atoms in total. The van der Waals surface area contributed by atoms with Gasteiger partial charge < -0.3 is 10.6 Å². The second kappa shape index (κ2) is 5.84. The Bertz CT molecular complexity index is 408. The van der Waals surface area contributed by atoms with E-state index in [2.05, 4.69) is 19.8 Å². The van der Waals surface area contributed by atoms with Crippen LogP contribution in [0.25, 0.3) is 0 Å². The number of piperazine rings is 1. The SMILES string of the molecule is NCc1nccnc1N1CCN(C2CCCC2)CC1. The van der Waals surface area contributed by atoms with Gasteiger partial charge in [-0.2, -0.15) is 0 Å². The molecule has 2 N–H and O–H groups in total. The fraction of sp³-hybridized carbons (Fsp3) is 0.714. The molecule has 2 aliphatic rings. The molecule has 0 radical (unpaired) electrons. The Morgan fingerprint density at radius 1 is 1.05 bits per heavy atom. The molecule has 3 rings (SSSR count). The molecular weight excluding hydrogens is 238 g/mol. The maximum atomic E-state index is 5.74. The first kappa shape index (κ1) is 12.8. The monoisotopic (exact) mass is 261 g/mol. The zero-order valence-electron chi connectivity index (χ0n) is 11.5. The van der Waals surface area contributed by atoms with Crippen LogP contribution in [0, 0.1) is 0 Å². The van der Waals surface area contributed by atoms with Crippen molar-refractivity contribution in [2.24, 2.45) is 5.73 Å². The zero-order valence-corrected chi connectivity index (χ0v) is 11.5. The third kappa shape index (κ3) is 2.72. The Kier molecular flexibility index (Phi) is 3.94. The first-order valence-electron chi connectivity index (χ1n) is 7.37. The van der Waals surface area contributed by atoms with E-state index < -0.39 is 0 Å². The quantitative estimate of drug-likeness (QED) is 0.879. The van der Waals surface area contributed by atoms with Crippen LogP contribution in [-0.4, -0.2) is 47.1 Å². The minimum atomic E-state index is 0.464. The van der Waals surface area contributed by atoms with Gasteiger partial charge in [-0.25, -0.2) is 4.98 Å². The van der Waals surface area contributed by atoms with Gasteiger partial charge in [-0.1, -0.05) is 12.8 Å². The van der Waals surface area contributed by atoms with E-state index in [9.17, 15) is 0 Å². The Hall–Kier alpha value is -1.20. The van der Waals surface area contributed by atoms with E-state index in [1.807, 2.05) is 0 Å². The summed E-state index contributed by atoms with van der Waals surface area (Å²) in [4.78, 5) is 13.8. The molecule has 2 fully saturated rings. The van der Waals surface area contributed by atoms with Crippen LogP contribution in [0.1, 0.15) is 31.4 Å². The second-order valence-electron chi connectivity index (χ2n) is 5.49. The topological polar surface area (TPSA) is 58.3 Å². The van der Waals surface area contributed by atoms with Crippen LogP contribution in [0.5, 0.6) is 0 Å². The van der Waals surface area contributed by atoms with E-state index in [0.29, 0.717) is 6.54 Å². The van der Waals surface area contributed by atoms with Crippen molar-refractivity contribution >= 4 is 5.82 Å². The molecule has 0 bridgehead atoms. The summed E-state index contributed by atoms with van der Waals surface area (Å²) in [7, 11) is 0. The fourth-order valence-corrected chi connectivity index (χ4v) is 3.34. The van der Waals surface area contributed by atoms with Gasteiger partial charge in [0.05, 0.1) is 5.69 Å². The van der Waals surface area contributed by atoms with E-state index in [0.717, 1.165) is 43.7 Å². The molecule has 1 aliphatic carbocycles. The molecule has 0 atom stereocenters. The maximum absolute atomic E-state index is 5.74. The summed E-state index contributed by atoms with van der Waals surface area (Å²) < 4.78 is 0. The summed E-state index contributed by atoms with van der Waals surface area (Å²) in [6.07, 6.45) is 9.08. The van der Waals surface area contributed by atoms with Crippen LogP contribution >= 0.6 is 0 Å². The zero-order chi connectivity index (χ0) is 13.1. The third-order valence-corrected chi connectivity index (χ3v) is 4.40. The molecule has 0 amide bonds. The van der Waals surface area contributed by atoms with Crippen LogP contribution in [0.2, 0.25) is 0 Å². The maximum Gasteiger partial charge on any atom is 0.151 e. The van der Waals surface area contributed by atoms with E-state index in [1.165, 1.54) is 25.7 Å². The van der Waals surface area contributed by atoms with Gasteiger partial charge in [-0.15, -0.1) is 0 Å². The average molecular weight is 261 g/mol. The molecule has 0 spiro atoms. The number of nitrogens with two attached hydrogens (primary N) is 1. The summed E-state index contributed by atoms with van der Waals surface area (Å²) in [5, 5.41) is 0. The van der Waals surface area contributed by atoms with Gasteiger partial charge in [-0.3, -0.25) is 9.88 Å². The molecule has 1 aromatic heterocycles. The highest BCUT2D eigenvalue weighted by molar-refractivity contribution is 5.43. The molecule has 1 saturated carbocycles. The Labute approximate surface area is 114 Å². The Morgan fingerprint density at radius 3 is 2.42 bits per heavy atom. The highest BCUT2D eigenvalue weighted by atomic mass is 15.3. The predicted molar refractivity (Wildman–Crippen MR) is 76.0 cm³/mol. The first-order chi connectivity index (χ1) is 9.38. The standard InChI is InChI=1S/C14H23N5/c15-11-13-14(17-6-5-16-13)19-9-7-18(8-10-19)12-3-1-2-4-12/h5-6,12H,1-4,7-11,15H2. The minimum Gasteiger partial charge on any atom is -0.353 e. The van der Waals surface area contributed by atoms with Gasteiger partial charge in [0.2, 0.25) is 0 Å². The van der Waals surface area contributed by atoms with Gasteiger partial charge >= 0.3 is 0 Å². The lowest BCUT2D eigenvalue weighted by atomic mass is 10.2.